The van der Waals surface area contributed by atoms with Crippen LogP contribution >= 0.6 is 0 Å². The Kier molecular flexibility index (Phi) is 27.4. The lowest BCUT2D eigenvalue weighted by molar-refractivity contribution is -0.143. The van der Waals surface area contributed by atoms with Gasteiger partial charge in [0.05, 0.1) is 26.1 Å². The van der Waals surface area contributed by atoms with Crippen molar-refractivity contribution in [1.82, 2.24) is 57.4 Å². The van der Waals surface area contributed by atoms with Crippen LogP contribution in [0.1, 0.15) is 89.8 Å². The molecular formula is C49H78N14O14. The fourth-order valence-electron chi connectivity index (χ4n) is 8.24. The van der Waals surface area contributed by atoms with Gasteiger partial charge in [0.1, 0.15) is 60.1 Å². The van der Waals surface area contributed by atoms with E-state index in [1.165, 1.54) is 48.6 Å². The molecule has 1 aromatic carbocycles. The number of likely N-dealkylation sites (tertiary alicyclic amines) is 1. The molecule has 0 saturated carbocycles. The van der Waals surface area contributed by atoms with Crippen molar-refractivity contribution in [1.29, 1.82) is 0 Å². The zero-order valence-electron chi connectivity index (χ0n) is 43.8. The summed E-state index contributed by atoms with van der Waals surface area (Å²) in [7, 11) is 0. The molecule has 77 heavy (non-hydrogen) atoms. The number of carbonyl (C=O) groups excluding carboxylic acids is 9. The van der Waals surface area contributed by atoms with Gasteiger partial charge in [-0.1, -0.05) is 32.4 Å². The molecule has 3 rings (SSSR count). The Labute approximate surface area is 445 Å². The summed E-state index contributed by atoms with van der Waals surface area (Å²) < 4.78 is 0. The van der Waals surface area contributed by atoms with Crippen molar-refractivity contribution in [3.8, 4) is 5.75 Å². The Hall–Kier alpha value is -7.27. The molecule has 1 aromatic heterocycles. The predicted octanol–water partition coefficient (Wildman–Crippen LogP) is -4.88. The van der Waals surface area contributed by atoms with E-state index in [-0.39, 0.29) is 57.5 Å². The van der Waals surface area contributed by atoms with Gasteiger partial charge < -0.3 is 90.0 Å². The molecule has 19 N–H and O–H groups in total. The van der Waals surface area contributed by atoms with Crippen molar-refractivity contribution in [2.24, 2.45) is 23.1 Å². The number of aliphatic hydroxyl groups is 2. The summed E-state index contributed by atoms with van der Waals surface area (Å²) >= 11 is 0. The van der Waals surface area contributed by atoms with Crippen molar-refractivity contribution in [2.75, 3.05) is 39.4 Å². The minimum absolute atomic E-state index is 0.0114. The van der Waals surface area contributed by atoms with Gasteiger partial charge in [0.2, 0.25) is 53.2 Å². The summed E-state index contributed by atoms with van der Waals surface area (Å²) in [5, 5.41) is 59.5. The van der Waals surface area contributed by atoms with E-state index >= 15 is 0 Å². The second-order valence-electron chi connectivity index (χ2n) is 18.8. The summed E-state index contributed by atoms with van der Waals surface area (Å²) in [6.07, 6.45) is 5.05. The molecule has 0 aliphatic carbocycles. The predicted molar refractivity (Wildman–Crippen MR) is 276 cm³/mol. The number of aromatic hydroxyl groups is 1. The lowest BCUT2D eigenvalue weighted by Crippen LogP contribution is -2.62. The molecule has 1 fully saturated rings. The molecule has 2 aromatic rings. The molecule has 428 valence electrons. The monoisotopic (exact) mass is 1090 g/mol. The number of carboxylic acid groups (broad SMARTS) is 1. The number of aliphatic hydroxyl groups excluding tert-OH is 2. The van der Waals surface area contributed by atoms with Crippen LogP contribution in [0.4, 0.5) is 0 Å². The normalized spacial score (nSPS) is 16.6. The van der Waals surface area contributed by atoms with Crippen LogP contribution in [0.15, 0.2) is 36.8 Å². The minimum Gasteiger partial charge on any atom is -0.508 e. The van der Waals surface area contributed by atoms with E-state index < -0.39 is 133 Å². The van der Waals surface area contributed by atoms with Crippen molar-refractivity contribution < 1.29 is 68.4 Å². The number of nitrogens with two attached hydrogens (primary N) is 3. The number of phenols is 1. The SMILES string of the molecule is CC[C@H](C)[C@H](NC(=O)[C@H](Cc1ccc(O)cc1)NC(=O)[C@H](Cc1cnc[nH]1)NC(=O)[C@H](C)NC(=O)[C@@H]1CCCN1C(=O)CN)C(=O)N[C@@H](CO)C(=O)N[C@@H](CCCCN)C(=O)N[C@@H](CCCCN)C(=O)N[C@@H](CO)C(=O)O. The molecule has 0 radical (unpaired) electrons. The first-order chi connectivity index (χ1) is 36.7. The highest BCUT2D eigenvalue weighted by Gasteiger charge is 2.38. The number of amides is 9. The standard InChI is InChI=1S/C49H78N14O14/c1-4-27(2)40(48(75)60-36(24-64)46(73)57-32(10-5-7-17-50)42(69)56-33(11-6-8-18-51)43(70)61-37(25-65)49(76)77)62-45(72)34(20-29-13-15-31(66)16-14-29)59-44(71)35(21-30-23-53-26-54-30)58-41(68)28(3)55-47(74)38-12-9-19-63(38)39(67)22-52/h13-16,23,26-28,32-38,40,64-66H,4-12,17-22,24-25,50-52H2,1-3H3,(H,53,54)(H,55,74)(H,56,69)(H,57,73)(H,58,68)(H,59,71)(H,60,75)(H,61,70)(H,62,72)(H,76,77)/t27-,28-,32-,33-,34-,35-,36-,37-,38-,40-/m0/s1. The van der Waals surface area contributed by atoms with E-state index in [4.69, 9.17) is 17.2 Å². The van der Waals surface area contributed by atoms with Crippen LogP contribution in [0.3, 0.4) is 0 Å². The maximum Gasteiger partial charge on any atom is 0.328 e. The number of phenolic OH excluding ortho intramolecular Hbond substituents is 1. The number of nitrogens with one attached hydrogen (secondary N) is 9. The number of unbranched alkanes of at least 4 members (excludes halogenated alkanes) is 2. The van der Waals surface area contributed by atoms with Crippen LogP contribution in [0.5, 0.6) is 5.75 Å². The zero-order valence-corrected chi connectivity index (χ0v) is 43.8. The molecule has 2 heterocycles. The average molecular weight is 1090 g/mol. The smallest absolute Gasteiger partial charge is 0.328 e. The fraction of sp³-hybridized carbons (Fsp3) is 0.612. The number of aliphatic carboxylic acids is 1. The Morgan fingerprint density at radius 1 is 0.662 bits per heavy atom. The number of hydrogen-bond acceptors (Lipinski definition) is 17. The van der Waals surface area contributed by atoms with E-state index in [9.17, 15) is 68.4 Å². The maximum absolute atomic E-state index is 14.5. The van der Waals surface area contributed by atoms with Gasteiger partial charge in [0, 0.05) is 31.3 Å². The lowest BCUT2D eigenvalue weighted by atomic mass is 9.96. The average Bonchev–Trinajstić information content (AvgIpc) is 4.13. The number of hydrogen-bond donors (Lipinski definition) is 16. The second-order valence-corrected chi connectivity index (χ2v) is 18.8. The fourth-order valence-corrected chi connectivity index (χ4v) is 8.24. The molecular weight excluding hydrogens is 1010 g/mol. The van der Waals surface area contributed by atoms with Crippen LogP contribution in [0.25, 0.3) is 0 Å². The number of carboxylic acids is 1. The van der Waals surface area contributed by atoms with Crippen LogP contribution in [0.2, 0.25) is 0 Å². The van der Waals surface area contributed by atoms with Crippen LogP contribution in [-0.2, 0) is 60.8 Å². The van der Waals surface area contributed by atoms with Gasteiger partial charge in [0.25, 0.3) is 0 Å². The first-order valence-electron chi connectivity index (χ1n) is 25.7. The van der Waals surface area contributed by atoms with Gasteiger partial charge in [0.15, 0.2) is 0 Å². The van der Waals surface area contributed by atoms with Gasteiger partial charge in [-0.15, -0.1) is 0 Å². The summed E-state index contributed by atoms with van der Waals surface area (Å²) in [5.74, 6) is -9.59. The molecule has 1 aliphatic rings. The van der Waals surface area contributed by atoms with Crippen LogP contribution in [0, 0.1) is 5.92 Å². The lowest BCUT2D eigenvalue weighted by Gasteiger charge is -2.29. The molecule has 10 atom stereocenters. The van der Waals surface area contributed by atoms with E-state index in [0.29, 0.717) is 56.3 Å². The molecule has 1 saturated heterocycles. The topological polar surface area (TPSA) is 458 Å². The highest BCUT2D eigenvalue weighted by atomic mass is 16.4. The summed E-state index contributed by atoms with van der Waals surface area (Å²) in [4.78, 5) is 143. The van der Waals surface area contributed by atoms with Crippen molar-refractivity contribution in [2.45, 2.75) is 146 Å². The number of benzene rings is 1. The Balaban J connectivity index is 1.87. The number of aromatic nitrogens is 2. The van der Waals surface area contributed by atoms with Gasteiger partial charge in [-0.25, -0.2) is 9.78 Å². The summed E-state index contributed by atoms with van der Waals surface area (Å²) in [5.41, 5.74) is 17.7. The second kappa shape index (κ2) is 33.0. The number of nitrogens with zero attached hydrogens (tertiary/aromatic N) is 2. The Morgan fingerprint density at radius 3 is 1.69 bits per heavy atom. The van der Waals surface area contributed by atoms with Crippen molar-refractivity contribution >= 4 is 59.1 Å². The third-order valence-corrected chi connectivity index (χ3v) is 13.0. The van der Waals surface area contributed by atoms with Gasteiger partial charge in [-0.3, -0.25) is 43.2 Å². The van der Waals surface area contributed by atoms with E-state index in [2.05, 4.69) is 52.5 Å². The quantitative estimate of drug-likeness (QED) is 0.0292. The molecule has 28 nitrogen and oxygen atoms in total. The highest BCUT2D eigenvalue weighted by molar-refractivity contribution is 5.98. The van der Waals surface area contributed by atoms with Crippen LogP contribution < -0.4 is 59.7 Å². The first kappa shape index (κ1) is 64.0. The van der Waals surface area contributed by atoms with Crippen LogP contribution in [-0.4, -0.2) is 188 Å². The third kappa shape index (κ3) is 20.7. The van der Waals surface area contributed by atoms with Crippen molar-refractivity contribution in [3.63, 3.8) is 0 Å². The number of rotatable bonds is 34. The summed E-state index contributed by atoms with van der Waals surface area (Å²) in [6.45, 7) is 3.31. The largest absolute Gasteiger partial charge is 0.508 e. The number of aromatic amines is 1. The molecule has 9 amide bonds. The summed E-state index contributed by atoms with van der Waals surface area (Å²) in [6, 6.07) is -6.70. The Morgan fingerprint density at radius 2 is 1.17 bits per heavy atom. The molecule has 0 unspecified atom stereocenters. The highest BCUT2D eigenvalue weighted by Crippen LogP contribution is 2.18. The molecule has 0 bridgehead atoms. The van der Waals surface area contributed by atoms with Gasteiger partial charge in [-0.05, 0) is 95.0 Å². The van der Waals surface area contributed by atoms with Gasteiger partial charge in [-0.2, -0.15) is 0 Å². The van der Waals surface area contributed by atoms with E-state index in [1.807, 2.05) is 0 Å². The third-order valence-electron chi connectivity index (χ3n) is 13.0. The first-order valence-corrected chi connectivity index (χ1v) is 25.7. The molecule has 28 heteroatoms. The number of imidazole rings is 1. The van der Waals surface area contributed by atoms with Gasteiger partial charge >= 0.3 is 5.97 Å². The van der Waals surface area contributed by atoms with Crippen molar-refractivity contribution in [3.05, 3.63) is 48.0 Å². The van der Waals surface area contributed by atoms with E-state index in [1.54, 1.807) is 13.8 Å². The van der Waals surface area contributed by atoms with E-state index in [0.717, 1.165) is 0 Å². The Bertz CT molecular complexity index is 2270. The number of carbonyl (C=O) groups is 10. The minimum atomic E-state index is -1.71. The number of H-pyrrole nitrogens is 1. The molecule has 1 aliphatic heterocycles. The maximum atomic E-state index is 14.5. The zero-order chi connectivity index (χ0) is 57.2. The molecule has 0 spiro atoms.